The lowest BCUT2D eigenvalue weighted by molar-refractivity contribution is 0.217. The van der Waals surface area contributed by atoms with Crippen molar-refractivity contribution in [3.63, 3.8) is 0 Å². The average Bonchev–Trinajstić information content (AvgIpc) is 2.73. The summed E-state index contributed by atoms with van der Waals surface area (Å²) in [5, 5.41) is 8.20. The zero-order valence-corrected chi connectivity index (χ0v) is 18.0. The van der Waals surface area contributed by atoms with Crippen LogP contribution in [0.3, 0.4) is 0 Å². The highest BCUT2D eigenvalue weighted by Crippen LogP contribution is 2.21. The van der Waals surface area contributed by atoms with E-state index in [2.05, 4.69) is 15.8 Å². The van der Waals surface area contributed by atoms with Gasteiger partial charge in [-0.05, 0) is 67.2 Å². The first-order valence-corrected chi connectivity index (χ1v) is 10.2. The van der Waals surface area contributed by atoms with Gasteiger partial charge in [-0.25, -0.2) is 0 Å². The number of nitrogens with zero attached hydrogens (tertiary/aromatic N) is 1. The molecule has 154 valence electrons. The van der Waals surface area contributed by atoms with E-state index in [9.17, 15) is 0 Å². The summed E-state index contributed by atoms with van der Waals surface area (Å²) >= 11 is 11.4. The van der Waals surface area contributed by atoms with Crippen molar-refractivity contribution >= 4 is 40.8 Å². The largest absolute Gasteiger partial charge is 0.490 e. The number of hydrazone groups is 1. The maximum Gasteiger partial charge on any atom is 0.191 e. The molecule has 0 amide bonds. The number of thiocarbonyl (C=S) groups is 1. The third-order valence-electron chi connectivity index (χ3n) is 3.97. The van der Waals surface area contributed by atoms with E-state index >= 15 is 0 Å². The number of anilines is 1. The molecule has 0 aliphatic heterocycles. The molecule has 30 heavy (non-hydrogen) atoms. The van der Waals surface area contributed by atoms with Crippen molar-refractivity contribution in [1.29, 1.82) is 0 Å². The molecule has 3 aromatic rings. The molecule has 0 radical (unpaired) electrons. The molecule has 0 unspecified atom stereocenters. The van der Waals surface area contributed by atoms with Gasteiger partial charge in [-0.2, -0.15) is 5.10 Å². The van der Waals surface area contributed by atoms with Crippen LogP contribution in [0.15, 0.2) is 77.9 Å². The first-order valence-electron chi connectivity index (χ1n) is 9.37. The SMILES string of the molecule is Cc1cccc(OCCOc2ccc(Cl)cc2/C=N\NC(=S)Nc2ccccc2)c1. The molecule has 0 heterocycles. The van der Waals surface area contributed by atoms with Crippen molar-refractivity contribution in [3.8, 4) is 11.5 Å². The number of ether oxygens (including phenoxy) is 2. The molecule has 0 spiro atoms. The minimum atomic E-state index is 0.383. The van der Waals surface area contributed by atoms with Crippen molar-refractivity contribution in [2.24, 2.45) is 5.10 Å². The second kappa shape index (κ2) is 11.2. The highest BCUT2D eigenvalue weighted by Gasteiger charge is 2.04. The van der Waals surface area contributed by atoms with E-state index in [0.29, 0.717) is 29.1 Å². The molecule has 0 saturated heterocycles. The van der Waals surface area contributed by atoms with Crippen molar-refractivity contribution < 1.29 is 9.47 Å². The zero-order chi connectivity index (χ0) is 21.2. The van der Waals surface area contributed by atoms with E-state index in [1.54, 1.807) is 24.4 Å². The maximum absolute atomic E-state index is 6.12. The summed E-state index contributed by atoms with van der Waals surface area (Å²) in [6.07, 6.45) is 1.61. The van der Waals surface area contributed by atoms with Crippen LogP contribution in [0.5, 0.6) is 11.5 Å². The Kier molecular flexibility index (Phi) is 8.06. The molecule has 7 heteroatoms. The summed E-state index contributed by atoms with van der Waals surface area (Å²) in [7, 11) is 0. The number of halogens is 1. The lowest BCUT2D eigenvalue weighted by atomic mass is 10.2. The van der Waals surface area contributed by atoms with Crippen LogP contribution in [0.1, 0.15) is 11.1 Å². The van der Waals surface area contributed by atoms with E-state index in [4.69, 9.17) is 33.3 Å². The smallest absolute Gasteiger partial charge is 0.191 e. The lowest BCUT2D eigenvalue weighted by Gasteiger charge is -2.11. The van der Waals surface area contributed by atoms with E-state index in [-0.39, 0.29) is 0 Å². The van der Waals surface area contributed by atoms with Crippen LogP contribution < -0.4 is 20.2 Å². The molecule has 0 aliphatic rings. The van der Waals surface area contributed by atoms with Crippen molar-refractivity contribution in [2.75, 3.05) is 18.5 Å². The molecule has 3 aromatic carbocycles. The average molecular weight is 440 g/mol. The van der Waals surface area contributed by atoms with Gasteiger partial charge in [0.25, 0.3) is 0 Å². The molecule has 0 aromatic heterocycles. The van der Waals surface area contributed by atoms with Crippen LogP contribution >= 0.6 is 23.8 Å². The van der Waals surface area contributed by atoms with Crippen LogP contribution in [0.25, 0.3) is 0 Å². The quantitative estimate of drug-likeness (QED) is 0.212. The molecule has 3 rings (SSSR count). The first-order chi connectivity index (χ1) is 14.6. The van der Waals surface area contributed by atoms with Crippen LogP contribution in [-0.4, -0.2) is 24.5 Å². The summed E-state index contributed by atoms with van der Waals surface area (Å²) in [5.74, 6) is 1.47. The Labute approximate surface area is 186 Å². The molecule has 0 saturated carbocycles. The second-order valence-corrected chi connectivity index (χ2v) is 7.23. The molecule has 5 nitrogen and oxygen atoms in total. The fourth-order valence-corrected chi connectivity index (χ4v) is 2.96. The summed E-state index contributed by atoms with van der Waals surface area (Å²) in [5.41, 5.74) is 5.55. The minimum absolute atomic E-state index is 0.383. The molecule has 0 atom stereocenters. The van der Waals surface area contributed by atoms with Gasteiger partial charge in [0.05, 0.1) is 6.21 Å². The van der Waals surface area contributed by atoms with Crippen molar-refractivity contribution in [2.45, 2.75) is 6.92 Å². The van der Waals surface area contributed by atoms with Gasteiger partial charge < -0.3 is 14.8 Å². The second-order valence-electron chi connectivity index (χ2n) is 6.39. The maximum atomic E-state index is 6.12. The Bertz CT molecular complexity index is 1010. The number of hydrogen-bond acceptors (Lipinski definition) is 4. The zero-order valence-electron chi connectivity index (χ0n) is 16.5. The van der Waals surface area contributed by atoms with Gasteiger partial charge in [0, 0.05) is 16.3 Å². The normalized spacial score (nSPS) is 10.6. The Balaban J connectivity index is 1.52. The fraction of sp³-hybridized carbons (Fsp3) is 0.130. The molecule has 0 fully saturated rings. The van der Waals surface area contributed by atoms with Gasteiger partial charge in [0.15, 0.2) is 5.11 Å². The number of para-hydroxylation sites is 1. The predicted octanol–water partition coefficient (Wildman–Crippen LogP) is 5.43. The molecule has 0 bridgehead atoms. The number of benzene rings is 3. The van der Waals surface area contributed by atoms with Crippen molar-refractivity contribution in [1.82, 2.24) is 5.43 Å². The molecular weight excluding hydrogens is 418 g/mol. The third kappa shape index (κ3) is 7.06. The summed E-state index contributed by atoms with van der Waals surface area (Å²) in [4.78, 5) is 0. The first kappa shape index (κ1) is 21.6. The van der Waals surface area contributed by atoms with Gasteiger partial charge in [-0.1, -0.05) is 41.9 Å². The molecular formula is C23H22ClN3O2S. The van der Waals surface area contributed by atoms with Crippen molar-refractivity contribution in [3.05, 3.63) is 88.9 Å². The van der Waals surface area contributed by atoms with Gasteiger partial charge >= 0.3 is 0 Å². The standard InChI is InChI=1S/C23H22ClN3O2S/c1-17-6-5-9-21(14-17)28-12-13-29-22-11-10-19(24)15-18(22)16-25-27-23(30)26-20-7-3-2-4-8-20/h2-11,14-16H,12-13H2,1H3,(H2,26,27,30)/b25-16-. The monoisotopic (exact) mass is 439 g/mol. The highest BCUT2D eigenvalue weighted by molar-refractivity contribution is 7.80. The van der Waals surface area contributed by atoms with Crippen LogP contribution in [-0.2, 0) is 0 Å². The van der Waals surface area contributed by atoms with Crippen LogP contribution in [0, 0.1) is 6.92 Å². The third-order valence-corrected chi connectivity index (χ3v) is 4.40. The number of nitrogens with one attached hydrogen (secondary N) is 2. The van der Waals surface area contributed by atoms with Gasteiger partial charge in [-0.3, -0.25) is 5.43 Å². The van der Waals surface area contributed by atoms with E-state index in [1.807, 2.05) is 61.5 Å². The van der Waals surface area contributed by atoms with E-state index in [0.717, 1.165) is 22.6 Å². The molecule has 2 N–H and O–H groups in total. The minimum Gasteiger partial charge on any atom is -0.490 e. The van der Waals surface area contributed by atoms with Crippen LogP contribution in [0.2, 0.25) is 5.02 Å². The summed E-state index contributed by atoms with van der Waals surface area (Å²) in [6.45, 7) is 2.83. The van der Waals surface area contributed by atoms with Gasteiger partial charge in [0.2, 0.25) is 0 Å². The summed E-state index contributed by atoms with van der Waals surface area (Å²) in [6, 6.07) is 22.9. The van der Waals surface area contributed by atoms with Crippen LogP contribution in [0.4, 0.5) is 5.69 Å². The van der Waals surface area contributed by atoms with E-state index < -0.39 is 0 Å². The Morgan fingerprint density at radius 3 is 2.60 bits per heavy atom. The molecule has 0 aliphatic carbocycles. The highest BCUT2D eigenvalue weighted by atomic mass is 35.5. The Morgan fingerprint density at radius 1 is 1.00 bits per heavy atom. The predicted molar refractivity (Wildman–Crippen MR) is 127 cm³/mol. The topological polar surface area (TPSA) is 54.9 Å². The Morgan fingerprint density at radius 2 is 1.80 bits per heavy atom. The lowest BCUT2D eigenvalue weighted by Crippen LogP contribution is -2.23. The van der Waals surface area contributed by atoms with Gasteiger partial charge in [0.1, 0.15) is 24.7 Å². The van der Waals surface area contributed by atoms with Gasteiger partial charge in [-0.15, -0.1) is 0 Å². The fourth-order valence-electron chi connectivity index (χ4n) is 2.61. The summed E-state index contributed by atoms with van der Waals surface area (Å²) < 4.78 is 11.6. The number of rotatable bonds is 8. The number of hydrogen-bond donors (Lipinski definition) is 2. The number of aryl methyl sites for hydroxylation is 1. The van der Waals surface area contributed by atoms with E-state index in [1.165, 1.54) is 0 Å². The Hall–Kier alpha value is -3.09.